The standard InChI is InChI=1S/C18H23N3O4/c1-25-17(23)10-15-18(24)19-7-9-20(15)12-16(22)21-8-6-13-4-2-3-5-14(13)11-21/h2-5,15H,6-12H2,1H3,(H,19,24). The second kappa shape index (κ2) is 7.65. The molecule has 7 nitrogen and oxygen atoms in total. The monoisotopic (exact) mass is 345 g/mol. The number of piperazine rings is 1. The van der Waals surface area contributed by atoms with Gasteiger partial charge in [0.1, 0.15) is 6.04 Å². The number of esters is 1. The first-order chi connectivity index (χ1) is 12.1. The van der Waals surface area contributed by atoms with E-state index in [2.05, 4.69) is 16.1 Å². The molecule has 1 unspecified atom stereocenters. The van der Waals surface area contributed by atoms with Crippen molar-refractivity contribution < 1.29 is 19.1 Å². The summed E-state index contributed by atoms with van der Waals surface area (Å²) < 4.78 is 4.67. The first-order valence-electron chi connectivity index (χ1n) is 8.51. The average Bonchev–Trinajstić information content (AvgIpc) is 2.63. The largest absolute Gasteiger partial charge is 0.469 e. The number of hydrogen-bond acceptors (Lipinski definition) is 5. The Labute approximate surface area is 146 Å². The van der Waals surface area contributed by atoms with Gasteiger partial charge in [-0.05, 0) is 17.5 Å². The molecule has 2 aliphatic rings. The second-order valence-electron chi connectivity index (χ2n) is 6.39. The number of fused-ring (bicyclic) bond motifs is 1. The Balaban J connectivity index is 1.64. The van der Waals surface area contributed by atoms with Gasteiger partial charge in [0.2, 0.25) is 11.8 Å². The van der Waals surface area contributed by atoms with Crippen LogP contribution < -0.4 is 5.32 Å². The van der Waals surface area contributed by atoms with Gasteiger partial charge in [0.15, 0.2) is 0 Å². The minimum absolute atomic E-state index is 0.0148. The van der Waals surface area contributed by atoms with E-state index >= 15 is 0 Å². The van der Waals surface area contributed by atoms with Crippen LogP contribution >= 0.6 is 0 Å². The summed E-state index contributed by atoms with van der Waals surface area (Å²) in [5, 5.41) is 2.74. The van der Waals surface area contributed by atoms with E-state index in [4.69, 9.17) is 0 Å². The first kappa shape index (κ1) is 17.4. The third kappa shape index (κ3) is 3.99. The van der Waals surface area contributed by atoms with Crippen LogP contribution in [0.5, 0.6) is 0 Å². The van der Waals surface area contributed by atoms with Crippen LogP contribution in [0.4, 0.5) is 0 Å². The smallest absolute Gasteiger partial charge is 0.307 e. The van der Waals surface area contributed by atoms with Gasteiger partial charge in [-0.3, -0.25) is 19.3 Å². The quantitative estimate of drug-likeness (QED) is 0.773. The molecule has 1 saturated heterocycles. The van der Waals surface area contributed by atoms with Crippen LogP contribution in [0.3, 0.4) is 0 Å². The van der Waals surface area contributed by atoms with Crippen molar-refractivity contribution in [2.24, 2.45) is 0 Å². The number of nitrogens with one attached hydrogen (secondary N) is 1. The number of hydrogen-bond donors (Lipinski definition) is 1. The molecule has 1 aromatic carbocycles. The maximum Gasteiger partial charge on any atom is 0.307 e. The van der Waals surface area contributed by atoms with E-state index in [-0.39, 0.29) is 24.8 Å². The molecule has 2 aliphatic heterocycles. The van der Waals surface area contributed by atoms with Gasteiger partial charge in [-0.25, -0.2) is 0 Å². The number of carbonyl (C=O) groups is 3. The lowest BCUT2D eigenvalue weighted by molar-refractivity contribution is -0.147. The van der Waals surface area contributed by atoms with Gasteiger partial charge in [0.05, 0.1) is 20.1 Å². The zero-order valence-corrected chi connectivity index (χ0v) is 14.4. The van der Waals surface area contributed by atoms with Crippen LogP contribution in [0.25, 0.3) is 0 Å². The molecular formula is C18H23N3O4. The van der Waals surface area contributed by atoms with Crippen molar-refractivity contribution in [1.82, 2.24) is 15.1 Å². The van der Waals surface area contributed by atoms with Crippen LogP contribution in [-0.4, -0.2) is 66.9 Å². The Morgan fingerprint density at radius 3 is 2.76 bits per heavy atom. The number of methoxy groups -OCH3 is 1. The van der Waals surface area contributed by atoms with Crippen molar-refractivity contribution in [2.45, 2.75) is 25.4 Å². The fourth-order valence-corrected chi connectivity index (χ4v) is 3.40. The van der Waals surface area contributed by atoms with Gasteiger partial charge in [-0.2, -0.15) is 0 Å². The van der Waals surface area contributed by atoms with Gasteiger partial charge >= 0.3 is 5.97 Å². The molecule has 0 saturated carbocycles. The lowest BCUT2D eigenvalue weighted by Gasteiger charge is -2.36. The highest BCUT2D eigenvalue weighted by Gasteiger charge is 2.34. The molecule has 1 fully saturated rings. The first-order valence-corrected chi connectivity index (χ1v) is 8.51. The third-order valence-corrected chi connectivity index (χ3v) is 4.85. The number of ether oxygens (including phenoxy) is 1. The van der Waals surface area contributed by atoms with E-state index < -0.39 is 12.0 Å². The minimum Gasteiger partial charge on any atom is -0.469 e. The zero-order valence-electron chi connectivity index (χ0n) is 14.4. The molecule has 1 N–H and O–H groups in total. The number of amides is 2. The van der Waals surface area contributed by atoms with Crippen molar-refractivity contribution in [3.8, 4) is 0 Å². The molecule has 25 heavy (non-hydrogen) atoms. The molecule has 0 radical (unpaired) electrons. The highest BCUT2D eigenvalue weighted by atomic mass is 16.5. The van der Waals surface area contributed by atoms with Gasteiger partial charge < -0.3 is 15.0 Å². The van der Waals surface area contributed by atoms with Crippen LogP contribution in [0.2, 0.25) is 0 Å². The van der Waals surface area contributed by atoms with E-state index in [9.17, 15) is 14.4 Å². The van der Waals surface area contributed by atoms with E-state index in [0.29, 0.717) is 26.2 Å². The van der Waals surface area contributed by atoms with Gasteiger partial charge in [0.25, 0.3) is 0 Å². The summed E-state index contributed by atoms with van der Waals surface area (Å²) in [7, 11) is 1.30. The maximum absolute atomic E-state index is 12.7. The van der Waals surface area contributed by atoms with Gasteiger partial charge in [-0.15, -0.1) is 0 Å². The van der Waals surface area contributed by atoms with Gasteiger partial charge in [0, 0.05) is 26.2 Å². The number of nitrogens with zero attached hydrogens (tertiary/aromatic N) is 2. The Morgan fingerprint density at radius 2 is 2.00 bits per heavy atom. The number of rotatable bonds is 4. The molecule has 0 aliphatic carbocycles. The molecule has 1 aromatic rings. The molecule has 2 heterocycles. The summed E-state index contributed by atoms with van der Waals surface area (Å²) in [6, 6.07) is 7.48. The van der Waals surface area contributed by atoms with Crippen molar-refractivity contribution in [2.75, 3.05) is 33.3 Å². The van der Waals surface area contributed by atoms with Crippen molar-refractivity contribution in [3.05, 3.63) is 35.4 Å². The van der Waals surface area contributed by atoms with E-state index in [1.807, 2.05) is 23.1 Å². The molecule has 2 amide bonds. The number of benzene rings is 1. The van der Waals surface area contributed by atoms with Crippen molar-refractivity contribution in [1.29, 1.82) is 0 Å². The minimum atomic E-state index is -0.651. The number of carbonyl (C=O) groups excluding carboxylic acids is 3. The van der Waals surface area contributed by atoms with Crippen molar-refractivity contribution >= 4 is 17.8 Å². The van der Waals surface area contributed by atoms with E-state index in [1.54, 1.807) is 4.90 Å². The summed E-state index contributed by atoms with van der Waals surface area (Å²) in [4.78, 5) is 40.0. The Hall–Kier alpha value is -2.41. The zero-order chi connectivity index (χ0) is 17.8. The predicted octanol–water partition coefficient (Wildman–Crippen LogP) is -0.0652. The highest BCUT2D eigenvalue weighted by molar-refractivity contribution is 5.88. The van der Waals surface area contributed by atoms with Crippen LogP contribution in [0.1, 0.15) is 17.5 Å². The molecule has 0 aromatic heterocycles. The Morgan fingerprint density at radius 1 is 1.24 bits per heavy atom. The third-order valence-electron chi connectivity index (χ3n) is 4.85. The Kier molecular flexibility index (Phi) is 5.33. The molecule has 7 heteroatoms. The normalized spacial score (nSPS) is 20.6. The van der Waals surface area contributed by atoms with Crippen LogP contribution in [0.15, 0.2) is 24.3 Å². The second-order valence-corrected chi connectivity index (χ2v) is 6.39. The molecule has 0 spiro atoms. The molecule has 3 rings (SSSR count). The molecule has 1 atom stereocenters. The summed E-state index contributed by atoms with van der Waals surface area (Å²) >= 11 is 0. The van der Waals surface area contributed by atoms with Crippen LogP contribution in [0, 0.1) is 0 Å². The Bertz CT molecular complexity index is 676. The summed E-state index contributed by atoms with van der Waals surface area (Å²) in [6.07, 6.45) is 0.798. The van der Waals surface area contributed by atoms with Crippen molar-refractivity contribution in [3.63, 3.8) is 0 Å². The summed E-state index contributed by atoms with van der Waals surface area (Å²) in [5.41, 5.74) is 2.46. The maximum atomic E-state index is 12.7. The SMILES string of the molecule is COC(=O)CC1C(=O)NCCN1CC(=O)N1CCc2ccccc2C1. The summed E-state index contributed by atoms with van der Waals surface area (Å²) in [5.74, 6) is -0.695. The van der Waals surface area contributed by atoms with Gasteiger partial charge in [-0.1, -0.05) is 24.3 Å². The van der Waals surface area contributed by atoms with E-state index in [0.717, 1.165) is 6.42 Å². The van der Waals surface area contributed by atoms with E-state index in [1.165, 1.54) is 18.2 Å². The molecule has 0 bridgehead atoms. The topological polar surface area (TPSA) is 79.0 Å². The highest BCUT2D eigenvalue weighted by Crippen LogP contribution is 2.19. The average molecular weight is 345 g/mol. The molecule has 134 valence electrons. The van der Waals surface area contributed by atoms with Crippen LogP contribution in [-0.2, 0) is 32.1 Å². The lowest BCUT2D eigenvalue weighted by Crippen LogP contribution is -2.58. The lowest BCUT2D eigenvalue weighted by atomic mass is 10.00. The molecular weight excluding hydrogens is 322 g/mol. The summed E-state index contributed by atoms with van der Waals surface area (Å²) in [6.45, 7) is 2.43. The fraction of sp³-hybridized carbons (Fsp3) is 0.500. The fourth-order valence-electron chi connectivity index (χ4n) is 3.40. The predicted molar refractivity (Wildman–Crippen MR) is 90.6 cm³/mol.